The smallest absolute Gasteiger partial charge is 0.273 e. The van der Waals surface area contributed by atoms with E-state index in [1.54, 1.807) is 0 Å². The van der Waals surface area contributed by atoms with E-state index in [0.717, 1.165) is 12.1 Å². The molecule has 3 amide bonds. The van der Waals surface area contributed by atoms with Gasteiger partial charge in [-0.05, 0) is 18.2 Å². The monoisotopic (exact) mass is 432 g/mol. The fraction of sp³-hybridized carbons (Fsp3) is 0.167. The van der Waals surface area contributed by atoms with Crippen LogP contribution < -0.4 is 0 Å². The number of nitro groups is 2. The number of amides is 3. The average Bonchev–Trinajstić information content (AvgIpc) is 3.04. The molecule has 0 unspecified atom stereocenters. The number of carbonyl (C=O) groups is 3. The van der Waals surface area contributed by atoms with Gasteiger partial charge in [0.05, 0.1) is 22.0 Å². The third kappa shape index (κ3) is 3.96. The molecule has 1 fully saturated rings. The maximum absolute atomic E-state index is 13.2. The highest BCUT2D eigenvalue weighted by molar-refractivity contribution is 6.30. The Kier molecular flexibility index (Phi) is 5.74. The van der Waals surface area contributed by atoms with E-state index in [9.17, 15) is 34.6 Å². The van der Waals surface area contributed by atoms with Gasteiger partial charge in [0.1, 0.15) is 5.56 Å². The molecule has 1 aliphatic rings. The lowest BCUT2D eigenvalue weighted by molar-refractivity contribution is -0.385. The zero-order valence-electron chi connectivity index (χ0n) is 15.2. The third-order valence-electron chi connectivity index (χ3n) is 4.40. The van der Waals surface area contributed by atoms with E-state index in [1.807, 2.05) is 0 Å². The van der Waals surface area contributed by atoms with Gasteiger partial charge in [-0.2, -0.15) is 5.01 Å². The number of hydrogen-bond donors (Lipinski definition) is 0. The Balaban J connectivity index is 2.11. The number of rotatable bonds is 6. The summed E-state index contributed by atoms with van der Waals surface area (Å²) >= 11 is 5.81. The van der Waals surface area contributed by atoms with E-state index in [4.69, 9.17) is 11.6 Å². The molecule has 3 rings (SSSR count). The van der Waals surface area contributed by atoms with E-state index < -0.39 is 45.5 Å². The number of halogens is 1. The van der Waals surface area contributed by atoms with Gasteiger partial charge in [-0.15, -0.1) is 0 Å². The van der Waals surface area contributed by atoms with Crippen LogP contribution in [-0.4, -0.2) is 37.6 Å². The average molecular weight is 433 g/mol. The summed E-state index contributed by atoms with van der Waals surface area (Å²) in [4.78, 5) is 58.9. The van der Waals surface area contributed by atoms with Crippen molar-refractivity contribution in [3.63, 3.8) is 0 Å². The van der Waals surface area contributed by atoms with Crippen molar-refractivity contribution in [2.45, 2.75) is 19.4 Å². The fourth-order valence-electron chi connectivity index (χ4n) is 3.02. The predicted octanol–water partition coefficient (Wildman–Crippen LogP) is 2.86. The van der Waals surface area contributed by atoms with Crippen molar-refractivity contribution in [1.29, 1.82) is 0 Å². The molecule has 2 aromatic rings. The molecule has 2 aromatic carbocycles. The first-order valence-corrected chi connectivity index (χ1v) is 8.92. The molecule has 0 atom stereocenters. The Morgan fingerprint density at radius 3 is 2.20 bits per heavy atom. The predicted molar refractivity (Wildman–Crippen MR) is 102 cm³/mol. The van der Waals surface area contributed by atoms with Crippen LogP contribution in [0, 0.1) is 20.2 Å². The van der Waals surface area contributed by atoms with Crippen molar-refractivity contribution in [3.05, 3.63) is 78.8 Å². The summed E-state index contributed by atoms with van der Waals surface area (Å²) in [5.74, 6) is -2.40. The van der Waals surface area contributed by atoms with E-state index in [-0.39, 0.29) is 29.0 Å². The topological polar surface area (TPSA) is 144 Å². The van der Waals surface area contributed by atoms with Gasteiger partial charge >= 0.3 is 0 Å². The van der Waals surface area contributed by atoms with Gasteiger partial charge in [0.15, 0.2) is 0 Å². The molecule has 1 saturated heterocycles. The summed E-state index contributed by atoms with van der Waals surface area (Å²) < 4.78 is 0. The van der Waals surface area contributed by atoms with E-state index in [2.05, 4.69) is 0 Å². The van der Waals surface area contributed by atoms with E-state index >= 15 is 0 Å². The Labute approximate surface area is 173 Å². The molecule has 0 radical (unpaired) electrons. The molecule has 0 N–H and O–H groups in total. The summed E-state index contributed by atoms with van der Waals surface area (Å²) in [6.45, 7) is -0.546. The lowest BCUT2D eigenvalue weighted by atomic mass is 10.1. The quantitative estimate of drug-likeness (QED) is 0.387. The SMILES string of the molecule is O=C(c1ccccc1[N+](=O)[O-])N(Cc1ccc(Cl)cc1[N+](=O)[O-])N1C(=O)CCC1=O. The first kappa shape index (κ1) is 20.9. The molecule has 1 heterocycles. The molecule has 0 saturated carbocycles. The molecule has 11 nitrogen and oxygen atoms in total. The van der Waals surface area contributed by atoms with Crippen molar-refractivity contribution < 1.29 is 24.2 Å². The van der Waals surface area contributed by atoms with Crippen LogP contribution in [0.2, 0.25) is 5.02 Å². The summed E-state index contributed by atoms with van der Waals surface area (Å²) in [6, 6.07) is 8.72. The second kappa shape index (κ2) is 8.25. The molecule has 30 heavy (non-hydrogen) atoms. The van der Waals surface area contributed by atoms with Crippen LogP contribution in [0.25, 0.3) is 0 Å². The van der Waals surface area contributed by atoms with Crippen LogP contribution in [0.3, 0.4) is 0 Å². The van der Waals surface area contributed by atoms with Crippen molar-refractivity contribution in [2.75, 3.05) is 0 Å². The first-order chi connectivity index (χ1) is 14.2. The van der Waals surface area contributed by atoms with Crippen LogP contribution in [0.4, 0.5) is 11.4 Å². The molecular weight excluding hydrogens is 420 g/mol. The number of nitrogens with zero attached hydrogens (tertiary/aromatic N) is 4. The first-order valence-electron chi connectivity index (χ1n) is 8.54. The Bertz CT molecular complexity index is 1070. The van der Waals surface area contributed by atoms with Crippen molar-refractivity contribution in [2.24, 2.45) is 0 Å². The maximum Gasteiger partial charge on any atom is 0.282 e. The summed E-state index contributed by atoms with van der Waals surface area (Å²) in [6.07, 6.45) is -0.301. The molecular formula is C18H13ClN4O7. The standard InChI is InChI=1S/C18H13ClN4O7/c19-12-6-5-11(15(9-12)23(29)30)10-20(21-16(24)7-8-17(21)25)18(26)13-3-1-2-4-14(13)22(27)28/h1-6,9H,7-8,10H2. The van der Waals surface area contributed by atoms with Crippen LogP contribution in [0.15, 0.2) is 42.5 Å². The van der Waals surface area contributed by atoms with Gasteiger partial charge in [0, 0.05) is 30.0 Å². The van der Waals surface area contributed by atoms with Gasteiger partial charge in [0.2, 0.25) is 11.8 Å². The van der Waals surface area contributed by atoms with Gasteiger partial charge < -0.3 is 0 Å². The van der Waals surface area contributed by atoms with Crippen LogP contribution in [-0.2, 0) is 16.1 Å². The minimum Gasteiger partial charge on any atom is -0.273 e. The minimum atomic E-state index is -1.02. The molecule has 1 aliphatic heterocycles. The van der Waals surface area contributed by atoms with Crippen molar-refractivity contribution >= 4 is 40.7 Å². The Morgan fingerprint density at radius 1 is 1.00 bits per heavy atom. The number of nitro benzene ring substituents is 2. The van der Waals surface area contributed by atoms with Crippen LogP contribution in [0.1, 0.15) is 28.8 Å². The third-order valence-corrected chi connectivity index (χ3v) is 4.63. The van der Waals surface area contributed by atoms with Gasteiger partial charge in [-0.1, -0.05) is 23.7 Å². The van der Waals surface area contributed by atoms with Crippen LogP contribution in [0.5, 0.6) is 0 Å². The highest BCUT2D eigenvalue weighted by atomic mass is 35.5. The molecule has 0 bridgehead atoms. The largest absolute Gasteiger partial charge is 0.282 e. The number of hydrogen-bond acceptors (Lipinski definition) is 7. The maximum atomic E-state index is 13.2. The lowest BCUT2D eigenvalue weighted by Gasteiger charge is -2.30. The zero-order valence-corrected chi connectivity index (χ0v) is 15.9. The van der Waals surface area contributed by atoms with Gasteiger partial charge in [-0.3, -0.25) is 34.6 Å². The Hall–Kier alpha value is -3.86. The summed E-state index contributed by atoms with van der Waals surface area (Å²) in [5, 5.41) is 24.1. The second-order valence-corrected chi connectivity index (χ2v) is 6.70. The highest BCUT2D eigenvalue weighted by Gasteiger charge is 2.39. The van der Waals surface area contributed by atoms with Crippen molar-refractivity contribution in [1.82, 2.24) is 10.0 Å². The number of benzene rings is 2. The fourth-order valence-corrected chi connectivity index (χ4v) is 3.19. The second-order valence-electron chi connectivity index (χ2n) is 6.27. The molecule has 0 aliphatic carbocycles. The van der Waals surface area contributed by atoms with Crippen molar-refractivity contribution in [3.8, 4) is 0 Å². The summed E-state index contributed by atoms with van der Waals surface area (Å²) in [5.41, 5.74) is -1.34. The normalized spacial score (nSPS) is 13.4. The van der Waals surface area contributed by atoms with Crippen LogP contribution >= 0.6 is 11.6 Å². The van der Waals surface area contributed by atoms with Gasteiger partial charge in [0.25, 0.3) is 17.3 Å². The number of imide groups is 1. The van der Waals surface area contributed by atoms with E-state index in [1.165, 1.54) is 30.3 Å². The number of carbonyl (C=O) groups excluding carboxylic acids is 3. The number of hydrazine groups is 1. The zero-order chi connectivity index (χ0) is 22.0. The molecule has 0 spiro atoms. The lowest BCUT2D eigenvalue weighted by Crippen LogP contribution is -2.49. The molecule has 12 heteroatoms. The summed E-state index contributed by atoms with van der Waals surface area (Å²) in [7, 11) is 0. The number of para-hydroxylation sites is 1. The Morgan fingerprint density at radius 2 is 1.60 bits per heavy atom. The minimum absolute atomic E-state index is 0.0103. The van der Waals surface area contributed by atoms with Gasteiger partial charge in [-0.25, -0.2) is 5.01 Å². The molecule has 0 aromatic heterocycles. The highest BCUT2D eigenvalue weighted by Crippen LogP contribution is 2.29. The van der Waals surface area contributed by atoms with E-state index in [0.29, 0.717) is 10.0 Å². The molecule has 154 valence electrons.